The number of hydrogen-bond acceptors (Lipinski definition) is 8. The molecule has 0 N–H and O–H groups in total. The lowest BCUT2D eigenvalue weighted by Gasteiger charge is -2.27. The number of para-hydroxylation sites is 1. The van der Waals surface area contributed by atoms with Gasteiger partial charge in [-0.3, -0.25) is 14.9 Å². The molecule has 2 aromatic carbocycles. The SMILES string of the molecule is O=C(OCC(=O)N(c1ccccc1)C1C=CS(=O)(=O)C1)c1cc2cc([N+](=O)[O-])ccc2s1. The highest BCUT2D eigenvalue weighted by Gasteiger charge is 2.32. The molecule has 0 spiro atoms. The Hall–Kier alpha value is -3.57. The van der Waals surface area contributed by atoms with Gasteiger partial charge in [-0.05, 0) is 30.3 Å². The molecule has 0 saturated heterocycles. The molecule has 4 rings (SSSR count). The number of rotatable bonds is 6. The van der Waals surface area contributed by atoms with Gasteiger partial charge in [-0.1, -0.05) is 18.2 Å². The van der Waals surface area contributed by atoms with Gasteiger partial charge in [0, 0.05) is 33.3 Å². The fraction of sp³-hybridized carbons (Fsp3) is 0.143. The Morgan fingerprint density at radius 2 is 1.91 bits per heavy atom. The van der Waals surface area contributed by atoms with E-state index in [2.05, 4.69) is 0 Å². The molecule has 1 atom stereocenters. The number of non-ortho nitro benzene ring substituents is 1. The van der Waals surface area contributed by atoms with E-state index in [1.54, 1.807) is 36.4 Å². The van der Waals surface area contributed by atoms with Gasteiger partial charge in [0.2, 0.25) is 0 Å². The Balaban J connectivity index is 1.50. The molecule has 0 saturated carbocycles. The summed E-state index contributed by atoms with van der Waals surface area (Å²) in [7, 11) is -3.41. The molecule has 0 bridgehead atoms. The third-order valence-electron chi connectivity index (χ3n) is 4.78. The molecule has 1 aliphatic rings. The molecule has 0 radical (unpaired) electrons. The fourth-order valence-corrected chi connectivity index (χ4v) is 5.55. The highest BCUT2D eigenvalue weighted by Crippen LogP contribution is 2.29. The number of anilines is 1. The zero-order valence-corrected chi connectivity index (χ0v) is 18.0. The summed E-state index contributed by atoms with van der Waals surface area (Å²) in [6, 6.07) is 13.5. The van der Waals surface area contributed by atoms with Crippen molar-refractivity contribution in [2.24, 2.45) is 0 Å². The number of carbonyl (C=O) groups excluding carboxylic acids is 2. The van der Waals surface area contributed by atoms with Crippen LogP contribution in [0.25, 0.3) is 10.1 Å². The lowest BCUT2D eigenvalue weighted by atomic mass is 10.2. The topological polar surface area (TPSA) is 124 Å². The van der Waals surface area contributed by atoms with Crippen molar-refractivity contribution in [2.45, 2.75) is 6.04 Å². The van der Waals surface area contributed by atoms with Crippen LogP contribution in [0.1, 0.15) is 9.67 Å². The maximum Gasteiger partial charge on any atom is 0.348 e. The number of hydrogen-bond donors (Lipinski definition) is 0. The summed E-state index contributed by atoms with van der Waals surface area (Å²) in [6.45, 7) is -0.591. The van der Waals surface area contributed by atoms with Crippen molar-refractivity contribution in [1.82, 2.24) is 0 Å². The number of benzene rings is 2. The molecule has 11 heteroatoms. The van der Waals surface area contributed by atoms with Gasteiger partial charge >= 0.3 is 5.97 Å². The number of nitrogens with zero attached hydrogens (tertiary/aromatic N) is 2. The molecular weight excluding hydrogens is 456 g/mol. The first kappa shape index (κ1) is 21.7. The molecular formula is C21H16N2O7S2. The largest absolute Gasteiger partial charge is 0.451 e. The molecule has 32 heavy (non-hydrogen) atoms. The number of thiophene rings is 1. The molecule has 0 aliphatic carbocycles. The van der Waals surface area contributed by atoms with Crippen molar-refractivity contribution in [2.75, 3.05) is 17.3 Å². The van der Waals surface area contributed by atoms with E-state index in [-0.39, 0.29) is 16.3 Å². The van der Waals surface area contributed by atoms with E-state index in [0.717, 1.165) is 16.7 Å². The van der Waals surface area contributed by atoms with Crippen molar-refractivity contribution < 1.29 is 27.7 Å². The molecule has 1 aromatic heterocycles. The molecule has 9 nitrogen and oxygen atoms in total. The lowest BCUT2D eigenvalue weighted by Crippen LogP contribution is -2.43. The van der Waals surface area contributed by atoms with Gasteiger partial charge in [0.1, 0.15) is 4.88 Å². The first-order valence-electron chi connectivity index (χ1n) is 9.37. The predicted molar refractivity (Wildman–Crippen MR) is 119 cm³/mol. The minimum absolute atomic E-state index is 0.0940. The van der Waals surface area contributed by atoms with Crippen molar-refractivity contribution >= 4 is 54.5 Å². The van der Waals surface area contributed by atoms with E-state index < -0.39 is 39.3 Å². The summed E-state index contributed by atoms with van der Waals surface area (Å²) < 4.78 is 29.6. The van der Waals surface area contributed by atoms with E-state index in [1.165, 1.54) is 29.2 Å². The predicted octanol–water partition coefficient (Wildman–Crippen LogP) is 3.31. The Labute approximate surface area is 186 Å². The quantitative estimate of drug-likeness (QED) is 0.306. The van der Waals surface area contributed by atoms with Gasteiger partial charge in [-0.2, -0.15) is 0 Å². The van der Waals surface area contributed by atoms with Crippen LogP contribution in [0.3, 0.4) is 0 Å². The monoisotopic (exact) mass is 472 g/mol. The van der Waals surface area contributed by atoms with Crippen LogP contribution in [0.4, 0.5) is 11.4 Å². The number of nitro benzene ring substituents is 1. The maximum atomic E-state index is 12.9. The molecule has 1 aliphatic heterocycles. The Kier molecular flexibility index (Phi) is 5.76. The standard InChI is InChI=1S/C21H16N2O7S2/c24-20(22(15-4-2-1-3-5-15)17-8-9-32(28,29)13-17)12-30-21(25)19-11-14-10-16(23(26)27)6-7-18(14)31-19/h1-11,17H,12-13H2. The summed E-state index contributed by atoms with van der Waals surface area (Å²) in [6.07, 6.45) is 1.43. The molecule has 1 unspecified atom stereocenters. The highest BCUT2D eigenvalue weighted by molar-refractivity contribution is 7.94. The van der Waals surface area contributed by atoms with Crippen LogP contribution in [0.2, 0.25) is 0 Å². The molecule has 1 amide bonds. The van der Waals surface area contributed by atoms with Crippen LogP contribution < -0.4 is 4.90 Å². The summed E-state index contributed by atoms with van der Waals surface area (Å²) >= 11 is 1.09. The summed E-state index contributed by atoms with van der Waals surface area (Å²) in [5, 5.41) is 12.5. The normalized spacial score (nSPS) is 16.7. The Morgan fingerprint density at radius 3 is 2.56 bits per heavy atom. The third-order valence-corrected chi connectivity index (χ3v) is 7.26. The van der Waals surface area contributed by atoms with Crippen LogP contribution in [-0.4, -0.2) is 43.6 Å². The van der Waals surface area contributed by atoms with Crippen LogP contribution in [0, 0.1) is 10.1 Å². The van der Waals surface area contributed by atoms with Gasteiger partial charge in [-0.15, -0.1) is 11.3 Å². The van der Waals surface area contributed by atoms with E-state index in [9.17, 15) is 28.1 Å². The molecule has 3 aromatic rings. The van der Waals surface area contributed by atoms with Gasteiger partial charge in [0.25, 0.3) is 11.6 Å². The lowest BCUT2D eigenvalue weighted by molar-refractivity contribution is -0.384. The molecule has 0 fully saturated rings. The van der Waals surface area contributed by atoms with Crippen molar-refractivity contribution in [3.05, 3.63) is 81.1 Å². The Morgan fingerprint density at radius 1 is 1.16 bits per heavy atom. The minimum atomic E-state index is -3.41. The van der Waals surface area contributed by atoms with Gasteiger partial charge < -0.3 is 9.64 Å². The minimum Gasteiger partial charge on any atom is -0.451 e. The molecule has 164 valence electrons. The number of fused-ring (bicyclic) bond motifs is 1. The fourth-order valence-electron chi connectivity index (χ4n) is 3.34. The third kappa shape index (κ3) is 4.53. The first-order chi connectivity index (χ1) is 15.2. The number of esters is 1. The van der Waals surface area contributed by atoms with Crippen molar-refractivity contribution in [3.63, 3.8) is 0 Å². The van der Waals surface area contributed by atoms with E-state index in [4.69, 9.17) is 4.74 Å². The number of carbonyl (C=O) groups is 2. The highest BCUT2D eigenvalue weighted by atomic mass is 32.2. The van der Waals surface area contributed by atoms with Crippen LogP contribution in [-0.2, 0) is 19.4 Å². The number of sulfone groups is 1. The second-order valence-corrected chi connectivity index (χ2v) is 10.0. The van der Waals surface area contributed by atoms with Crippen LogP contribution in [0.15, 0.2) is 66.1 Å². The van der Waals surface area contributed by atoms with E-state index >= 15 is 0 Å². The average molecular weight is 473 g/mol. The number of amides is 1. The second kappa shape index (κ2) is 8.52. The summed E-state index contributed by atoms with van der Waals surface area (Å²) in [5.74, 6) is -1.57. The molecule has 2 heterocycles. The summed E-state index contributed by atoms with van der Waals surface area (Å²) in [4.78, 5) is 37.3. The summed E-state index contributed by atoms with van der Waals surface area (Å²) in [5.41, 5.74) is 0.387. The number of ether oxygens (including phenoxy) is 1. The van der Waals surface area contributed by atoms with Crippen molar-refractivity contribution in [1.29, 1.82) is 0 Å². The van der Waals surface area contributed by atoms with Crippen molar-refractivity contribution in [3.8, 4) is 0 Å². The Bertz CT molecular complexity index is 1350. The average Bonchev–Trinajstić information content (AvgIpc) is 3.35. The van der Waals surface area contributed by atoms with Gasteiger partial charge in [-0.25, -0.2) is 13.2 Å². The van der Waals surface area contributed by atoms with E-state index in [0.29, 0.717) is 15.8 Å². The van der Waals surface area contributed by atoms with Gasteiger partial charge in [0.15, 0.2) is 16.4 Å². The first-order valence-corrected chi connectivity index (χ1v) is 11.9. The zero-order valence-electron chi connectivity index (χ0n) is 16.4. The number of nitro groups is 1. The second-order valence-electron chi connectivity index (χ2n) is 6.99. The van der Waals surface area contributed by atoms with Gasteiger partial charge in [0.05, 0.1) is 16.7 Å². The maximum absolute atomic E-state index is 12.9. The zero-order chi connectivity index (χ0) is 22.9. The smallest absolute Gasteiger partial charge is 0.348 e. The van der Waals surface area contributed by atoms with Crippen LogP contribution in [0.5, 0.6) is 0 Å². The van der Waals surface area contributed by atoms with E-state index in [1.807, 2.05) is 0 Å². The van der Waals surface area contributed by atoms with Crippen LogP contribution >= 0.6 is 11.3 Å².